The highest BCUT2D eigenvalue weighted by atomic mass is 16.5. The molecule has 0 aliphatic carbocycles. The van der Waals surface area contributed by atoms with Crippen molar-refractivity contribution in [3.63, 3.8) is 0 Å². The van der Waals surface area contributed by atoms with Gasteiger partial charge in [-0.2, -0.15) is 0 Å². The van der Waals surface area contributed by atoms with Crippen molar-refractivity contribution in [1.29, 1.82) is 0 Å². The highest BCUT2D eigenvalue weighted by Crippen LogP contribution is 2.26. The molecule has 0 fully saturated rings. The maximum Gasteiger partial charge on any atom is 0.224 e. The topological polar surface area (TPSA) is 47.6 Å². The Hall–Kier alpha value is -2.85. The third-order valence-corrected chi connectivity index (χ3v) is 4.49. The van der Waals surface area contributed by atoms with E-state index in [1.54, 1.807) is 14.2 Å². The second-order valence-corrected chi connectivity index (χ2v) is 6.09. The van der Waals surface area contributed by atoms with E-state index >= 15 is 0 Å². The van der Waals surface area contributed by atoms with E-state index in [2.05, 4.69) is 17.4 Å². The second kappa shape index (κ2) is 8.50. The molecular weight excluding hydrogens is 326 g/mol. The van der Waals surface area contributed by atoms with Gasteiger partial charge in [0.15, 0.2) is 0 Å². The van der Waals surface area contributed by atoms with Crippen LogP contribution in [0.2, 0.25) is 0 Å². The fourth-order valence-electron chi connectivity index (χ4n) is 3.14. The molecule has 0 spiro atoms. The van der Waals surface area contributed by atoms with Gasteiger partial charge in [0.2, 0.25) is 5.91 Å². The van der Waals surface area contributed by atoms with Gasteiger partial charge in [0.05, 0.1) is 13.5 Å². The second-order valence-electron chi connectivity index (χ2n) is 6.09. The third-order valence-electron chi connectivity index (χ3n) is 4.49. The first kappa shape index (κ1) is 18.0. The fraction of sp³-hybridized carbons (Fsp3) is 0.227. The van der Waals surface area contributed by atoms with Crippen LogP contribution in [0.5, 0.6) is 5.75 Å². The molecule has 0 bridgehead atoms. The van der Waals surface area contributed by atoms with E-state index in [-0.39, 0.29) is 12.0 Å². The van der Waals surface area contributed by atoms with Gasteiger partial charge >= 0.3 is 0 Å². The molecule has 4 heteroatoms. The number of hydrogen-bond donors (Lipinski definition) is 1. The molecule has 0 aliphatic heterocycles. The summed E-state index contributed by atoms with van der Waals surface area (Å²) in [4.78, 5) is 12.5. The first-order valence-electron chi connectivity index (χ1n) is 8.62. The van der Waals surface area contributed by atoms with Crippen LogP contribution in [0, 0.1) is 0 Å². The molecule has 1 amide bonds. The predicted molar refractivity (Wildman–Crippen MR) is 103 cm³/mol. The first-order valence-corrected chi connectivity index (χ1v) is 8.62. The maximum atomic E-state index is 12.5. The Morgan fingerprint density at radius 3 is 2.50 bits per heavy atom. The van der Waals surface area contributed by atoms with E-state index in [0.29, 0.717) is 13.0 Å². The summed E-state index contributed by atoms with van der Waals surface area (Å²) < 4.78 is 10.9. The molecule has 1 N–H and O–H groups in total. The molecule has 1 atom stereocenters. The summed E-state index contributed by atoms with van der Waals surface area (Å²) in [7, 11) is 3.26. The minimum atomic E-state index is -0.261. The molecule has 4 nitrogen and oxygen atoms in total. The number of methoxy groups -OCH3 is 2. The molecule has 3 rings (SSSR count). The zero-order valence-electron chi connectivity index (χ0n) is 15.1. The fourth-order valence-corrected chi connectivity index (χ4v) is 3.14. The lowest BCUT2D eigenvalue weighted by atomic mass is 10.0. The minimum absolute atomic E-state index is 0.0294. The molecule has 26 heavy (non-hydrogen) atoms. The normalized spacial score (nSPS) is 11.9. The average molecular weight is 349 g/mol. The van der Waals surface area contributed by atoms with E-state index in [1.807, 2.05) is 54.6 Å². The lowest BCUT2D eigenvalue weighted by molar-refractivity contribution is -0.121. The van der Waals surface area contributed by atoms with Crippen molar-refractivity contribution in [3.8, 4) is 5.75 Å². The van der Waals surface area contributed by atoms with Gasteiger partial charge < -0.3 is 14.8 Å². The molecular formula is C22H23NO3. The molecule has 0 heterocycles. The number of fused-ring (bicyclic) bond motifs is 1. The van der Waals surface area contributed by atoms with E-state index in [1.165, 1.54) is 0 Å². The Balaban J connectivity index is 1.68. The quantitative estimate of drug-likeness (QED) is 0.704. The van der Waals surface area contributed by atoms with Gasteiger partial charge in [-0.1, -0.05) is 60.7 Å². The van der Waals surface area contributed by atoms with Gasteiger partial charge in [-0.3, -0.25) is 4.79 Å². The molecule has 3 aromatic rings. The Bertz CT molecular complexity index is 886. The number of para-hydroxylation sites is 1. The summed E-state index contributed by atoms with van der Waals surface area (Å²) in [6, 6.07) is 21.8. The van der Waals surface area contributed by atoms with Crippen molar-refractivity contribution in [3.05, 3.63) is 77.9 Å². The van der Waals surface area contributed by atoms with Crippen LogP contribution in [0.25, 0.3) is 10.8 Å². The lowest BCUT2D eigenvalue weighted by Gasteiger charge is -2.19. The van der Waals surface area contributed by atoms with Crippen LogP contribution in [0.4, 0.5) is 0 Å². The van der Waals surface area contributed by atoms with Crippen molar-refractivity contribution in [1.82, 2.24) is 5.32 Å². The molecule has 0 saturated carbocycles. The van der Waals surface area contributed by atoms with E-state index < -0.39 is 0 Å². The first-order chi connectivity index (χ1) is 12.7. The number of benzene rings is 3. The van der Waals surface area contributed by atoms with Crippen molar-refractivity contribution < 1.29 is 14.3 Å². The Labute approximate surface area is 153 Å². The van der Waals surface area contributed by atoms with Crippen molar-refractivity contribution in [2.24, 2.45) is 0 Å². The van der Waals surface area contributed by atoms with Crippen LogP contribution in [0.1, 0.15) is 17.2 Å². The molecule has 0 aromatic heterocycles. The standard InChI is InChI=1S/C22H23NO3/c1-25-20-13-6-5-12-19(20)21(26-2)15-23-22(24)14-17-10-7-9-16-8-3-4-11-18(16)17/h3-13,21H,14-15H2,1-2H3,(H,23,24). The average Bonchev–Trinajstić information content (AvgIpc) is 2.69. The Morgan fingerprint density at radius 2 is 1.69 bits per heavy atom. The van der Waals surface area contributed by atoms with E-state index in [0.717, 1.165) is 27.6 Å². The SMILES string of the molecule is COc1ccccc1C(CNC(=O)Cc1cccc2ccccc12)OC. The summed E-state index contributed by atoms with van der Waals surface area (Å²) in [5, 5.41) is 5.23. The third kappa shape index (κ3) is 4.03. The highest BCUT2D eigenvalue weighted by molar-refractivity contribution is 5.90. The molecule has 0 saturated heterocycles. The predicted octanol–water partition coefficient (Wildman–Crippen LogP) is 3.89. The van der Waals surface area contributed by atoms with Crippen LogP contribution < -0.4 is 10.1 Å². The smallest absolute Gasteiger partial charge is 0.224 e. The van der Waals surface area contributed by atoms with Crippen molar-refractivity contribution in [2.75, 3.05) is 20.8 Å². The zero-order chi connectivity index (χ0) is 18.4. The van der Waals surface area contributed by atoms with Crippen molar-refractivity contribution >= 4 is 16.7 Å². The van der Waals surface area contributed by atoms with Gasteiger partial charge in [-0.15, -0.1) is 0 Å². The molecule has 0 aliphatic rings. The van der Waals surface area contributed by atoms with E-state index in [4.69, 9.17) is 9.47 Å². The summed E-state index contributed by atoms with van der Waals surface area (Å²) in [5.74, 6) is 0.723. The van der Waals surface area contributed by atoms with Gasteiger partial charge in [-0.25, -0.2) is 0 Å². The number of hydrogen-bond acceptors (Lipinski definition) is 3. The monoisotopic (exact) mass is 349 g/mol. The summed E-state index contributed by atoms with van der Waals surface area (Å²) in [5.41, 5.74) is 1.94. The van der Waals surface area contributed by atoms with Crippen molar-refractivity contribution in [2.45, 2.75) is 12.5 Å². The summed E-state index contributed by atoms with van der Waals surface area (Å²) in [6.07, 6.45) is 0.0756. The number of amides is 1. The number of carbonyl (C=O) groups excluding carboxylic acids is 1. The van der Waals surface area contributed by atoms with Crippen LogP contribution in [0.15, 0.2) is 66.7 Å². The van der Waals surface area contributed by atoms with Crippen LogP contribution >= 0.6 is 0 Å². The van der Waals surface area contributed by atoms with E-state index in [9.17, 15) is 4.79 Å². The van der Waals surface area contributed by atoms with Crippen LogP contribution in [0.3, 0.4) is 0 Å². The minimum Gasteiger partial charge on any atom is -0.496 e. The van der Waals surface area contributed by atoms with Gasteiger partial charge in [0, 0.05) is 19.2 Å². The molecule has 1 unspecified atom stereocenters. The lowest BCUT2D eigenvalue weighted by Crippen LogP contribution is -2.30. The molecule has 134 valence electrons. The Kier molecular flexibility index (Phi) is 5.87. The maximum absolute atomic E-state index is 12.5. The number of rotatable bonds is 7. The summed E-state index contributed by atoms with van der Waals surface area (Å²) in [6.45, 7) is 0.389. The van der Waals surface area contributed by atoms with Crippen LogP contribution in [-0.2, 0) is 16.0 Å². The number of nitrogens with one attached hydrogen (secondary N) is 1. The number of ether oxygens (including phenoxy) is 2. The molecule has 3 aromatic carbocycles. The van der Waals surface area contributed by atoms with Gasteiger partial charge in [0.25, 0.3) is 0 Å². The highest BCUT2D eigenvalue weighted by Gasteiger charge is 2.16. The van der Waals surface area contributed by atoms with Crippen LogP contribution in [-0.4, -0.2) is 26.7 Å². The Morgan fingerprint density at radius 1 is 0.962 bits per heavy atom. The van der Waals surface area contributed by atoms with Gasteiger partial charge in [-0.05, 0) is 22.4 Å². The zero-order valence-corrected chi connectivity index (χ0v) is 15.1. The van der Waals surface area contributed by atoms with Gasteiger partial charge in [0.1, 0.15) is 11.9 Å². The largest absolute Gasteiger partial charge is 0.496 e. The number of carbonyl (C=O) groups is 1. The summed E-state index contributed by atoms with van der Waals surface area (Å²) >= 11 is 0. The molecule has 0 radical (unpaired) electrons.